The molecule has 21 heavy (non-hydrogen) atoms. The second kappa shape index (κ2) is 6.16. The van der Waals surface area contributed by atoms with Gasteiger partial charge in [0.25, 0.3) is 11.5 Å². The minimum atomic E-state index is -0.734. The third kappa shape index (κ3) is 3.65. The lowest BCUT2D eigenvalue weighted by molar-refractivity contribution is 0.0763. The maximum atomic E-state index is 12.1. The molecule has 0 unspecified atom stereocenters. The Hall–Kier alpha value is -2.71. The fourth-order valence-electron chi connectivity index (χ4n) is 1.74. The molecule has 2 aromatic heterocycles. The van der Waals surface area contributed by atoms with Gasteiger partial charge in [-0.25, -0.2) is 4.79 Å². The van der Waals surface area contributed by atoms with Crippen LogP contribution in [0.25, 0.3) is 0 Å². The summed E-state index contributed by atoms with van der Waals surface area (Å²) in [6, 6.07) is 1.02. The largest absolute Gasteiger partial charge is 0.337 e. The lowest BCUT2D eigenvalue weighted by atomic mass is 10.3. The lowest BCUT2D eigenvalue weighted by Crippen LogP contribution is -2.32. The van der Waals surface area contributed by atoms with Crippen molar-refractivity contribution in [2.45, 2.75) is 26.3 Å². The monoisotopic (exact) mass is 293 g/mol. The third-order valence-electron chi connectivity index (χ3n) is 2.69. The molecule has 9 nitrogen and oxygen atoms in total. The average Bonchev–Trinajstić information content (AvgIpc) is 2.84. The Bertz CT molecular complexity index is 716. The highest BCUT2D eigenvalue weighted by Gasteiger charge is 2.17. The number of aryl methyl sites for hydroxylation is 1. The van der Waals surface area contributed by atoms with Gasteiger partial charge in [0.15, 0.2) is 5.82 Å². The molecule has 0 aliphatic heterocycles. The molecule has 0 aliphatic rings. The van der Waals surface area contributed by atoms with E-state index in [1.54, 1.807) is 0 Å². The van der Waals surface area contributed by atoms with Crippen LogP contribution in [0.4, 0.5) is 0 Å². The van der Waals surface area contributed by atoms with Gasteiger partial charge >= 0.3 is 5.69 Å². The molecule has 0 spiro atoms. The Morgan fingerprint density at radius 2 is 2.14 bits per heavy atom. The van der Waals surface area contributed by atoms with Gasteiger partial charge in [-0.2, -0.15) is 4.98 Å². The molecule has 0 radical (unpaired) electrons. The van der Waals surface area contributed by atoms with Crippen molar-refractivity contribution in [2.75, 3.05) is 7.05 Å². The number of hydrogen-bond acceptors (Lipinski definition) is 6. The van der Waals surface area contributed by atoms with Gasteiger partial charge < -0.3 is 14.4 Å². The number of amides is 1. The second-order valence-corrected chi connectivity index (χ2v) is 4.52. The van der Waals surface area contributed by atoms with Crippen molar-refractivity contribution in [1.29, 1.82) is 0 Å². The third-order valence-corrected chi connectivity index (χ3v) is 2.69. The fourth-order valence-corrected chi connectivity index (χ4v) is 1.74. The molecule has 2 N–H and O–H groups in total. The molecule has 0 bridgehead atoms. The van der Waals surface area contributed by atoms with Crippen molar-refractivity contribution >= 4 is 5.91 Å². The number of H-pyrrole nitrogens is 2. The number of carbonyl (C=O) groups excluding carboxylic acids is 1. The van der Waals surface area contributed by atoms with Gasteiger partial charge in [0.05, 0.1) is 0 Å². The van der Waals surface area contributed by atoms with Crippen molar-refractivity contribution < 1.29 is 9.32 Å². The molecular formula is C12H15N5O4. The van der Waals surface area contributed by atoms with E-state index < -0.39 is 17.2 Å². The molecule has 0 atom stereocenters. The molecule has 9 heteroatoms. The van der Waals surface area contributed by atoms with E-state index in [0.29, 0.717) is 18.1 Å². The normalized spacial score (nSPS) is 10.6. The predicted octanol–water partition coefficient (Wildman–Crippen LogP) is -0.329. The summed E-state index contributed by atoms with van der Waals surface area (Å²) < 4.78 is 5.03. The minimum Gasteiger partial charge on any atom is -0.337 e. The van der Waals surface area contributed by atoms with E-state index in [1.165, 1.54) is 11.9 Å². The van der Waals surface area contributed by atoms with E-state index in [1.807, 2.05) is 11.9 Å². The van der Waals surface area contributed by atoms with E-state index in [0.717, 1.165) is 12.5 Å². The maximum Gasteiger partial charge on any atom is 0.326 e. The van der Waals surface area contributed by atoms with Crippen LogP contribution in [0.2, 0.25) is 0 Å². The minimum absolute atomic E-state index is 0.0877. The van der Waals surface area contributed by atoms with Crippen LogP contribution in [0.15, 0.2) is 20.2 Å². The van der Waals surface area contributed by atoms with Crippen LogP contribution < -0.4 is 11.2 Å². The van der Waals surface area contributed by atoms with Crippen molar-refractivity contribution in [3.63, 3.8) is 0 Å². The molecule has 0 fully saturated rings. The zero-order chi connectivity index (χ0) is 15.4. The Balaban J connectivity index is 2.11. The molecule has 0 aliphatic carbocycles. The summed E-state index contributed by atoms with van der Waals surface area (Å²) in [6.07, 6.45) is 1.59. The highest BCUT2D eigenvalue weighted by Crippen LogP contribution is 2.05. The van der Waals surface area contributed by atoms with Crippen molar-refractivity contribution in [2.24, 2.45) is 0 Å². The predicted molar refractivity (Wildman–Crippen MR) is 71.8 cm³/mol. The fraction of sp³-hybridized carbons (Fsp3) is 0.417. The Morgan fingerprint density at radius 1 is 1.38 bits per heavy atom. The number of hydrogen-bond donors (Lipinski definition) is 2. The first-order valence-electron chi connectivity index (χ1n) is 6.40. The highest BCUT2D eigenvalue weighted by molar-refractivity contribution is 5.91. The Morgan fingerprint density at radius 3 is 2.81 bits per heavy atom. The molecule has 0 saturated heterocycles. The maximum absolute atomic E-state index is 12.1. The van der Waals surface area contributed by atoms with Crippen molar-refractivity contribution in [3.05, 3.63) is 44.3 Å². The summed E-state index contributed by atoms with van der Waals surface area (Å²) in [7, 11) is 1.51. The Kier molecular flexibility index (Phi) is 4.31. The van der Waals surface area contributed by atoms with Crippen LogP contribution in [0.3, 0.4) is 0 Å². The summed E-state index contributed by atoms with van der Waals surface area (Å²) in [5.74, 6) is 0.354. The zero-order valence-electron chi connectivity index (χ0n) is 11.7. The molecule has 2 aromatic rings. The summed E-state index contributed by atoms with van der Waals surface area (Å²) in [4.78, 5) is 44.1. The first-order valence-corrected chi connectivity index (χ1v) is 6.40. The van der Waals surface area contributed by atoms with E-state index in [4.69, 9.17) is 4.52 Å². The smallest absolute Gasteiger partial charge is 0.326 e. The molecule has 2 rings (SSSR count). The molecule has 2 heterocycles. The Labute approximate surface area is 119 Å². The number of carbonyl (C=O) groups is 1. The van der Waals surface area contributed by atoms with Crippen LogP contribution in [0.5, 0.6) is 0 Å². The molecule has 112 valence electrons. The molecule has 1 amide bonds. The van der Waals surface area contributed by atoms with Gasteiger partial charge in [-0.15, -0.1) is 0 Å². The van der Waals surface area contributed by atoms with Gasteiger partial charge in [0.2, 0.25) is 5.89 Å². The summed E-state index contributed by atoms with van der Waals surface area (Å²) in [5.41, 5.74) is -1.47. The summed E-state index contributed by atoms with van der Waals surface area (Å²) in [6.45, 7) is 2.08. The van der Waals surface area contributed by atoms with Crippen LogP contribution in [-0.2, 0) is 13.0 Å². The van der Waals surface area contributed by atoms with Crippen LogP contribution >= 0.6 is 0 Å². The first kappa shape index (κ1) is 14.7. The zero-order valence-corrected chi connectivity index (χ0v) is 11.7. The molecule has 0 saturated carbocycles. The molecule has 0 aromatic carbocycles. The standard InChI is InChI=1S/C12H15N5O4/c1-3-4-8-14-10(21-16-8)6-17(2)11(19)7-5-9(18)15-12(20)13-7/h5H,3-4,6H2,1-2H3,(H2,13,15,18,20). The van der Waals surface area contributed by atoms with E-state index in [-0.39, 0.29) is 12.2 Å². The van der Waals surface area contributed by atoms with Gasteiger partial charge in [-0.3, -0.25) is 14.6 Å². The highest BCUT2D eigenvalue weighted by atomic mass is 16.5. The molecular weight excluding hydrogens is 278 g/mol. The van der Waals surface area contributed by atoms with E-state index in [9.17, 15) is 14.4 Å². The van der Waals surface area contributed by atoms with Gasteiger partial charge in [0.1, 0.15) is 12.2 Å². The number of aromatic amines is 2. The lowest BCUT2D eigenvalue weighted by Gasteiger charge is -2.13. The van der Waals surface area contributed by atoms with Gasteiger partial charge in [-0.05, 0) is 6.42 Å². The first-order chi connectivity index (χ1) is 9.99. The van der Waals surface area contributed by atoms with Crippen molar-refractivity contribution in [1.82, 2.24) is 25.0 Å². The summed E-state index contributed by atoms with van der Waals surface area (Å²) >= 11 is 0. The van der Waals surface area contributed by atoms with Crippen molar-refractivity contribution in [3.8, 4) is 0 Å². The van der Waals surface area contributed by atoms with Crippen LogP contribution in [-0.4, -0.2) is 38.0 Å². The number of nitrogens with one attached hydrogen (secondary N) is 2. The van der Waals surface area contributed by atoms with Gasteiger partial charge in [-0.1, -0.05) is 12.1 Å². The van der Waals surface area contributed by atoms with Gasteiger partial charge in [0, 0.05) is 19.5 Å². The number of nitrogens with zero attached hydrogens (tertiary/aromatic N) is 3. The quantitative estimate of drug-likeness (QED) is 0.777. The summed E-state index contributed by atoms with van der Waals surface area (Å²) in [5, 5.41) is 3.78. The topological polar surface area (TPSA) is 125 Å². The average molecular weight is 293 g/mol. The van der Waals surface area contributed by atoms with E-state index >= 15 is 0 Å². The number of aromatic nitrogens is 4. The number of rotatable bonds is 5. The van der Waals surface area contributed by atoms with Crippen LogP contribution in [0.1, 0.15) is 35.5 Å². The SMILES string of the molecule is CCCc1noc(CN(C)C(=O)c2cc(=O)[nH]c(=O)[nH]2)n1. The van der Waals surface area contributed by atoms with Crippen LogP contribution in [0, 0.1) is 0 Å². The second-order valence-electron chi connectivity index (χ2n) is 4.52. The van der Waals surface area contributed by atoms with E-state index in [2.05, 4.69) is 15.1 Å².